The minimum Gasteiger partial charge on any atom is -0.481 e. The van der Waals surface area contributed by atoms with Gasteiger partial charge < -0.3 is 15.7 Å². The lowest BCUT2D eigenvalue weighted by Gasteiger charge is -2.14. The van der Waals surface area contributed by atoms with Crippen LogP contribution in [0.1, 0.15) is 26.2 Å². The van der Waals surface area contributed by atoms with Gasteiger partial charge in [0.05, 0.1) is 0 Å². The molecule has 0 aromatic heterocycles. The van der Waals surface area contributed by atoms with Crippen molar-refractivity contribution in [1.29, 1.82) is 0 Å². The van der Waals surface area contributed by atoms with Gasteiger partial charge in [0.25, 0.3) is 0 Å². The lowest BCUT2D eigenvalue weighted by molar-refractivity contribution is -0.137. The quantitative estimate of drug-likeness (QED) is 0.673. The molecule has 0 radical (unpaired) electrons. The highest BCUT2D eigenvalue weighted by molar-refractivity contribution is 5.74. The molecule has 0 aliphatic rings. The molecule has 0 aromatic carbocycles. The number of halogens is 3. The van der Waals surface area contributed by atoms with Gasteiger partial charge >= 0.3 is 18.2 Å². The van der Waals surface area contributed by atoms with E-state index in [1.54, 1.807) is 12.2 Å². The van der Waals surface area contributed by atoms with Crippen LogP contribution < -0.4 is 10.6 Å². The predicted octanol–water partition coefficient (Wildman–Crippen LogP) is 1.49. The second-order valence-electron chi connectivity index (χ2n) is 3.63. The molecule has 100 valence electrons. The lowest BCUT2D eigenvalue weighted by Crippen LogP contribution is -2.44. The molecule has 17 heavy (non-hydrogen) atoms. The maximum absolute atomic E-state index is 11.7. The van der Waals surface area contributed by atoms with Crippen LogP contribution in [0.5, 0.6) is 0 Å². The van der Waals surface area contributed by atoms with Crippen LogP contribution in [-0.4, -0.2) is 35.9 Å². The van der Waals surface area contributed by atoms with Crippen molar-refractivity contribution in [3.05, 3.63) is 0 Å². The molecule has 0 aliphatic heterocycles. The first-order valence-electron chi connectivity index (χ1n) is 5.03. The minimum atomic E-state index is -4.44. The Bertz CT molecular complexity index is 269. The number of urea groups is 1. The van der Waals surface area contributed by atoms with Crippen LogP contribution in [0.15, 0.2) is 0 Å². The van der Waals surface area contributed by atoms with Gasteiger partial charge in [0.15, 0.2) is 0 Å². The summed E-state index contributed by atoms with van der Waals surface area (Å²) in [5.74, 6) is -0.946. The summed E-state index contributed by atoms with van der Waals surface area (Å²) in [6.07, 6.45) is -3.72. The molecule has 0 saturated heterocycles. The minimum absolute atomic E-state index is 0.0316. The lowest BCUT2D eigenvalue weighted by atomic mass is 10.1. The second kappa shape index (κ2) is 6.97. The van der Waals surface area contributed by atoms with E-state index in [1.807, 2.05) is 0 Å². The molecule has 0 heterocycles. The number of carbonyl (C=O) groups excluding carboxylic acids is 1. The van der Waals surface area contributed by atoms with E-state index in [1.165, 1.54) is 0 Å². The van der Waals surface area contributed by atoms with Crippen molar-refractivity contribution in [2.45, 2.75) is 38.4 Å². The summed E-state index contributed by atoms with van der Waals surface area (Å²) in [6, 6.07) is -1.28. The van der Waals surface area contributed by atoms with E-state index in [-0.39, 0.29) is 12.5 Å². The Morgan fingerprint density at radius 3 is 2.41 bits per heavy atom. The van der Waals surface area contributed by atoms with Crippen LogP contribution in [0, 0.1) is 0 Å². The summed E-state index contributed by atoms with van der Waals surface area (Å²) in [5.41, 5.74) is 0. The fourth-order valence-corrected chi connectivity index (χ4v) is 1.09. The molecular formula is C9H15F3N2O3. The third-order valence-corrected chi connectivity index (χ3v) is 1.85. The molecule has 0 spiro atoms. The topological polar surface area (TPSA) is 78.4 Å². The van der Waals surface area contributed by atoms with Gasteiger partial charge in [-0.25, -0.2) is 4.79 Å². The van der Waals surface area contributed by atoms with Crippen molar-refractivity contribution in [2.24, 2.45) is 0 Å². The number of rotatable bonds is 6. The Morgan fingerprint density at radius 2 is 1.94 bits per heavy atom. The Hall–Kier alpha value is -1.47. The Kier molecular flexibility index (Phi) is 6.37. The molecule has 0 aromatic rings. The van der Waals surface area contributed by atoms with Crippen molar-refractivity contribution in [3.8, 4) is 0 Å². The summed E-state index contributed by atoms with van der Waals surface area (Å²) in [6.45, 7) is 0.204. The molecule has 8 heteroatoms. The van der Waals surface area contributed by atoms with E-state index < -0.39 is 24.7 Å². The fourth-order valence-electron chi connectivity index (χ4n) is 1.09. The molecule has 2 amide bonds. The Morgan fingerprint density at radius 1 is 1.35 bits per heavy atom. The first-order valence-corrected chi connectivity index (χ1v) is 5.03. The zero-order valence-electron chi connectivity index (χ0n) is 9.30. The maximum Gasteiger partial charge on any atom is 0.405 e. The zero-order chi connectivity index (χ0) is 13.5. The number of alkyl halides is 3. The van der Waals surface area contributed by atoms with Crippen LogP contribution in [0.4, 0.5) is 18.0 Å². The van der Waals surface area contributed by atoms with Gasteiger partial charge in [0.1, 0.15) is 6.54 Å². The molecule has 0 fully saturated rings. The van der Waals surface area contributed by atoms with E-state index in [0.717, 1.165) is 0 Å². The highest BCUT2D eigenvalue weighted by atomic mass is 19.4. The van der Waals surface area contributed by atoms with Crippen LogP contribution >= 0.6 is 0 Å². The standard InChI is InChI=1S/C9H15F3N2O3/c1-6(3-2-4-7(15)16)14-8(17)13-5-9(10,11)12/h6H,2-5H2,1H3,(H,15,16)(H2,13,14,17). The molecule has 0 saturated carbocycles. The van der Waals surface area contributed by atoms with Crippen LogP contribution in [0.2, 0.25) is 0 Å². The average Bonchev–Trinajstić information content (AvgIpc) is 2.13. The molecule has 0 bridgehead atoms. The monoisotopic (exact) mass is 256 g/mol. The number of nitrogens with one attached hydrogen (secondary N) is 2. The number of carboxylic acid groups (broad SMARTS) is 1. The molecule has 0 rings (SSSR count). The molecular weight excluding hydrogens is 241 g/mol. The number of hydrogen-bond donors (Lipinski definition) is 3. The summed E-state index contributed by atoms with van der Waals surface area (Å²) >= 11 is 0. The number of hydrogen-bond acceptors (Lipinski definition) is 2. The largest absolute Gasteiger partial charge is 0.481 e. The molecule has 0 aliphatic carbocycles. The first-order chi connectivity index (χ1) is 7.70. The second-order valence-corrected chi connectivity index (χ2v) is 3.63. The van der Waals surface area contributed by atoms with Gasteiger partial charge in [0, 0.05) is 12.5 Å². The highest BCUT2D eigenvalue weighted by Gasteiger charge is 2.27. The first kappa shape index (κ1) is 15.5. The van der Waals surface area contributed by atoms with E-state index >= 15 is 0 Å². The average molecular weight is 256 g/mol. The van der Waals surface area contributed by atoms with Crippen LogP contribution in [-0.2, 0) is 4.79 Å². The van der Waals surface area contributed by atoms with Gasteiger partial charge in [0.2, 0.25) is 0 Å². The van der Waals surface area contributed by atoms with Gasteiger partial charge in [-0.1, -0.05) is 0 Å². The number of carbonyl (C=O) groups is 2. The number of carboxylic acids is 1. The van der Waals surface area contributed by atoms with Crippen molar-refractivity contribution in [1.82, 2.24) is 10.6 Å². The number of amides is 2. The van der Waals surface area contributed by atoms with E-state index in [2.05, 4.69) is 5.32 Å². The zero-order valence-corrected chi connectivity index (χ0v) is 9.30. The van der Waals surface area contributed by atoms with E-state index in [0.29, 0.717) is 12.8 Å². The van der Waals surface area contributed by atoms with Gasteiger partial charge in [-0.15, -0.1) is 0 Å². The Labute approximate surface area is 96.4 Å². The van der Waals surface area contributed by atoms with Gasteiger partial charge in [-0.2, -0.15) is 13.2 Å². The smallest absolute Gasteiger partial charge is 0.405 e. The summed E-state index contributed by atoms with van der Waals surface area (Å²) in [7, 11) is 0. The molecule has 5 nitrogen and oxygen atoms in total. The summed E-state index contributed by atoms with van der Waals surface area (Å²) in [4.78, 5) is 21.1. The normalized spacial score (nSPS) is 12.9. The third kappa shape index (κ3) is 10.8. The predicted molar refractivity (Wildman–Crippen MR) is 53.5 cm³/mol. The van der Waals surface area contributed by atoms with E-state index in [4.69, 9.17) is 5.11 Å². The van der Waals surface area contributed by atoms with Crippen molar-refractivity contribution < 1.29 is 27.9 Å². The SMILES string of the molecule is CC(CCCC(=O)O)NC(=O)NCC(F)(F)F. The Balaban J connectivity index is 3.69. The molecule has 1 atom stereocenters. The van der Waals surface area contributed by atoms with Crippen molar-refractivity contribution >= 4 is 12.0 Å². The van der Waals surface area contributed by atoms with Crippen molar-refractivity contribution in [2.75, 3.05) is 6.54 Å². The fraction of sp³-hybridized carbons (Fsp3) is 0.778. The van der Waals surface area contributed by atoms with Gasteiger partial charge in [-0.3, -0.25) is 4.79 Å². The summed E-state index contributed by atoms with van der Waals surface area (Å²) in [5, 5.41) is 12.3. The maximum atomic E-state index is 11.7. The van der Waals surface area contributed by atoms with E-state index in [9.17, 15) is 22.8 Å². The molecule has 1 unspecified atom stereocenters. The van der Waals surface area contributed by atoms with Gasteiger partial charge in [-0.05, 0) is 19.8 Å². The van der Waals surface area contributed by atoms with Crippen LogP contribution in [0.3, 0.4) is 0 Å². The number of aliphatic carboxylic acids is 1. The third-order valence-electron chi connectivity index (χ3n) is 1.85. The van der Waals surface area contributed by atoms with Crippen LogP contribution in [0.25, 0.3) is 0 Å². The van der Waals surface area contributed by atoms with Crippen molar-refractivity contribution in [3.63, 3.8) is 0 Å². The highest BCUT2D eigenvalue weighted by Crippen LogP contribution is 2.12. The molecule has 3 N–H and O–H groups in total. The summed E-state index contributed by atoms with van der Waals surface area (Å²) < 4.78 is 35.2.